The van der Waals surface area contributed by atoms with Crippen LogP contribution >= 0.6 is 0 Å². The smallest absolute Gasteiger partial charge is 0.326 e. The first-order valence-electron chi connectivity index (χ1n) is 5.30. The second kappa shape index (κ2) is 6.00. The number of aromatic amines is 1. The molecule has 7 nitrogen and oxygen atoms in total. The summed E-state index contributed by atoms with van der Waals surface area (Å²) in [6.45, 7) is 1.76. The fraction of sp³-hybridized carbons (Fsp3) is 0.500. The Morgan fingerprint density at radius 3 is 2.82 bits per heavy atom. The number of hydrogen-bond donors (Lipinski definition) is 4. The molecule has 1 aromatic heterocycles. The molecule has 0 spiro atoms. The number of carboxylic acids is 1. The maximum atomic E-state index is 11.5. The Hall–Kier alpha value is -1.89. The number of aliphatic carboxylic acids is 1. The van der Waals surface area contributed by atoms with Crippen LogP contribution in [0.3, 0.4) is 0 Å². The van der Waals surface area contributed by atoms with Crippen molar-refractivity contribution in [3.63, 3.8) is 0 Å². The molecule has 1 amide bonds. The van der Waals surface area contributed by atoms with E-state index in [2.05, 4.69) is 15.3 Å². The highest BCUT2D eigenvalue weighted by molar-refractivity contribution is 5.86. The fourth-order valence-electron chi connectivity index (χ4n) is 1.28. The number of hydrogen-bond acceptors (Lipinski definition) is 4. The number of carbonyl (C=O) groups excluding carboxylic acids is 1. The zero-order valence-electron chi connectivity index (χ0n) is 9.51. The molecule has 1 rings (SSSR count). The number of aromatic nitrogens is 2. The van der Waals surface area contributed by atoms with Crippen molar-refractivity contribution in [3.8, 4) is 0 Å². The lowest BCUT2D eigenvalue weighted by Crippen LogP contribution is -2.49. The first-order valence-corrected chi connectivity index (χ1v) is 5.30. The van der Waals surface area contributed by atoms with E-state index >= 15 is 0 Å². The number of nitrogens with one attached hydrogen (secondary N) is 2. The van der Waals surface area contributed by atoms with Gasteiger partial charge in [-0.2, -0.15) is 0 Å². The van der Waals surface area contributed by atoms with Crippen LogP contribution in [0.25, 0.3) is 0 Å². The molecule has 0 saturated heterocycles. The molecular formula is C10H16N4O3. The van der Waals surface area contributed by atoms with E-state index in [9.17, 15) is 9.59 Å². The minimum atomic E-state index is -1.10. The topological polar surface area (TPSA) is 121 Å². The molecule has 0 bridgehead atoms. The summed E-state index contributed by atoms with van der Waals surface area (Å²) < 4.78 is 0. The molecule has 17 heavy (non-hydrogen) atoms. The number of amides is 1. The lowest BCUT2D eigenvalue weighted by atomic mass is 10.1. The Bertz CT molecular complexity index is 377. The fourth-order valence-corrected chi connectivity index (χ4v) is 1.28. The summed E-state index contributed by atoms with van der Waals surface area (Å²) in [5.74, 6) is -1.56. The average Bonchev–Trinajstić information content (AvgIpc) is 2.79. The second-order valence-corrected chi connectivity index (χ2v) is 3.70. The zero-order valence-corrected chi connectivity index (χ0v) is 9.51. The van der Waals surface area contributed by atoms with Crippen LogP contribution in [0.1, 0.15) is 19.0 Å². The van der Waals surface area contributed by atoms with Crippen molar-refractivity contribution in [3.05, 3.63) is 18.2 Å². The van der Waals surface area contributed by atoms with Crippen LogP contribution in [0.4, 0.5) is 0 Å². The lowest BCUT2D eigenvalue weighted by Gasteiger charge is -2.16. The Kier molecular flexibility index (Phi) is 4.65. The molecule has 0 radical (unpaired) electrons. The molecule has 0 aromatic carbocycles. The van der Waals surface area contributed by atoms with Gasteiger partial charge in [-0.3, -0.25) is 4.79 Å². The second-order valence-electron chi connectivity index (χ2n) is 3.70. The van der Waals surface area contributed by atoms with Gasteiger partial charge in [0.05, 0.1) is 12.4 Å². The van der Waals surface area contributed by atoms with E-state index in [0.717, 1.165) is 0 Å². The molecule has 0 aliphatic heterocycles. The summed E-state index contributed by atoms with van der Waals surface area (Å²) in [7, 11) is 0. The van der Waals surface area contributed by atoms with Crippen LogP contribution in [-0.4, -0.2) is 39.0 Å². The first kappa shape index (κ1) is 13.2. The van der Waals surface area contributed by atoms with Gasteiger partial charge in [-0.1, -0.05) is 6.92 Å². The molecule has 94 valence electrons. The number of carbonyl (C=O) groups is 2. The van der Waals surface area contributed by atoms with Gasteiger partial charge in [-0.15, -0.1) is 0 Å². The van der Waals surface area contributed by atoms with Crippen molar-refractivity contribution in [2.24, 2.45) is 5.73 Å². The molecule has 5 N–H and O–H groups in total. The van der Waals surface area contributed by atoms with Gasteiger partial charge in [-0.25, -0.2) is 9.78 Å². The molecule has 1 aromatic rings. The Morgan fingerprint density at radius 2 is 2.35 bits per heavy atom. The largest absolute Gasteiger partial charge is 0.480 e. The van der Waals surface area contributed by atoms with Crippen LogP contribution in [0.2, 0.25) is 0 Å². The average molecular weight is 240 g/mol. The summed E-state index contributed by atoms with van der Waals surface area (Å²) >= 11 is 0. The number of carboxylic acid groups (broad SMARTS) is 1. The third kappa shape index (κ3) is 3.87. The molecule has 0 unspecified atom stereocenters. The number of rotatable bonds is 6. The number of imidazole rings is 1. The maximum absolute atomic E-state index is 11.5. The highest BCUT2D eigenvalue weighted by Crippen LogP contribution is 1.99. The van der Waals surface area contributed by atoms with E-state index in [1.54, 1.807) is 6.92 Å². The maximum Gasteiger partial charge on any atom is 0.326 e. The molecule has 0 aliphatic rings. The minimum absolute atomic E-state index is 0.150. The van der Waals surface area contributed by atoms with E-state index in [1.165, 1.54) is 12.5 Å². The van der Waals surface area contributed by atoms with Crippen molar-refractivity contribution in [1.82, 2.24) is 15.3 Å². The van der Waals surface area contributed by atoms with Crippen LogP contribution in [0.15, 0.2) is 12.5 Å². The van der Waals surface area contributed by atoms with Crippen LogP contribution in [0.5, 0.6) is 0 Å². The van der Waals surface area contributed by atoms with Gasteiger partial charge in [0.1, 0.15) is 6.04 Å². The van der Waals surface area contributed by atoms with E-state index in [0.29, 0.717) is 12.1 Å². The van der Waals surface area contributed by atoms with Gasteiger partial charge in [0.25, 0.3) is 0 Å². The lowest BCUT2D eigenvalue weighted by molar-refractivity contribution is -0.142. The number of nitrogens with two attached hydrogens (primary N) is 1. The highest BCUT2D eigenvalue weighted by atomic mass is 16.4. The molecular weight excluding hydrogens is 224 g/mol. The van der Waals surface area contributed by atoms with Crippen molar-refractivity contribution in [2.75, 3.05) is 0 Å². The molecule has 7 heteroatoms. The molecule has 2 atom stereocenters. The van der Waals surface area contributed by atoms with Crippen LogP contribution < -0.4 is 11.1 Å². The third-order valence-electron chi connectivity index (χ3n) is 2.37. The van der Waals surface area contributed by atoms with Crippen LogP contribution in [0, 0.1) is 0 Å². The molecule has 1 heterocycles. The number of nitrogens with zero attached hydrogens (tertiary/aromatic N) is 1. The van der Waals surface area contributed by atoms with Gasteiger partial charge in [0.2, 0.25) is 5.91 Å². The normalized spacial score (nSPS) is 14.0. The van der Waals surface area contributed by atoms with Crippen molar-refractivity contribution < 1.29 is 14.7 Å². The molecule has 0 aliphatic carbocycles. The third-order valence-corrected chi connectivity index (χ3v) is 2.37. The van der Waals surface area contributed by atoms with Crippen molar-refractivity contribution in [1.29, 1.82) is 0 Å². The minimum Gasteiger partial charge on any atom is -0.480 e. The van der Waals surface area contributed by atoms with Gasteiger partial charge in [0.15, 0.2) is 0 Å². The summed E-state index contributed by atoms with van der Waals surface area (Å²) in [6.07, 6.45) is 3.58. The van der Waals surface area contributed by atoms with E-state index in [1.807, 2.05) is 0 Å². The van der Waals surface area contributed by atoms with E-state index < -0.39 is 24.0 Å². The van der Waals surface area contributed by atoms with Gasteiger partial charge >= 0.3 is 5.97 Å². The first-order chi connectivity index (χ1) is 8.04. The molecule has 0 fully saturated rings. The Labute approximate surface area is 98.4 Å². The standard InChI is InChI=1S/C10H16N4O3/c1-2-7(11)9(15)14-8(10(16)17)3-6-4-12-5-13-6/h4-5,7-8H,2-3,11H2,1H3,(H,12,13)(H,14,15)(H,16,17)/t7-,8-/m1/s1. The van der Waals surface area contributed by atoms with Crippen LogP contribution in [-0.2, 0) is 16.0 Å². The Balaban J connectivity index is 2.61. The SMILES string of the molecule is CC[C@@H](N)C(=O)N[C@H](Cc1cnc[nH]1)C(=O)O. The van der Waals surface area contributed by atoms with Crippen molar-refractivity contribution >= 4 is 11.9 Å². The number of H-pyrrole nitrogens is 1. The predicted molar refractivity (Wildman–Crippen MR) is 60.1 cm³/mol. The van der Waals surface area contributed by atoms with Gasteiger partial charge in [0, 0.05) is 18.3 Å². The van der Waals surface area contributed by atoms with Gasteiger partial charge < -0.3 is 21.1 Å². The molecule has 0 saturated carbocycles. The highest BCUT2D eigenvalue weighted by Gasteiger charge is 2.23. The zero-order chi connectivity index (χ0) is 12.8. The summed E-state index contributed by atoms with van der Waals surface area (Å²) in [5, 5.41) is 11.4. The van der Waals surface area contributed by atoms with E-state index in [4.69, 9.17) is 10.8 Å². The Morgan fingerprint density at radius 1 is 1.65 bits per heavy atom. The quantitative estimate of drug-likeness (QED) is 0.521. The van der Waals surface area contributed by atoms with Gasteiger partial charge in [-0.05, 0) is 6.42 Å². The summed E-state index contributed by atoms with van der Waals surface area (Å²) in [5.41, 5.74) is 6.15. The summed E-state index contributed by atoms with van der Waals surface area (Å²) in [4.78, 5) is 29.0. The predicted octanol–water partition coefficient (Wildman–Crippen LogP) is -0.741. The van der Waals surface area contributed by atoms with E-state index in [-0.39, 0.29) is 6.42 Å². The van der Waals surface area contributed by atoms with Crippen molar-refractivity contribution in [2.45, 2.75) is 31.8 Å². The summed E-state index contributed by atoms with van der Waals surface area (Å²) in [6, 6.07) is -1.68. The monoisotopic (exact) mass is 240 g/mol.